The topological polar surface area (TPSA) is 78.3 Å². The SMILES string of the molecule is Cn1c(CNC(=O)c2cc(-c3ccc4c(c3)OCCO4)nc3ccccc23)nc2ccccc21. The maximum atomic E-state index is 13.4. The van der Waals surface area contributed by atoms with Gasteiger partial charge in [0.05, 0.1) is 34.4 Å². The number of hydrogen-bond acceptors (Lipinski definition) is 5. The summed E-state index contributed by atoms with van der Waals surface area (Å²) in [6.07, 6.45) is 0. The fraction of sp³-hybridized carbons (Fsp3) is 0.148. The van der Waals surface area contributed by atoms with Gasteiger partial charge in [-0.2, -0.15) is 0 Å². The van der Waals surface area contributed by atoms with Crippen LogP contribution in [0, 0.1) is 0 Å². The number of nitrogens with zero attached hydrogens (tertiary/aromatic N) is 3. The number of pyridine rings is 1. The van der Waals surface area contributed by atoms with Crippen molar-refractivity contribution in [1.29, 1.82) is 0 Å². The predicted octanol–water partition coefficient (Wildman–Crippen LogP) is 4.49. The molecular formula is C27H22N4O3. The Labute approximate surface area is 196 Å². The number of hydrogen-bond donors (Lipinski definition) is 1. The van der Waals surface area contributed by atoms with E-state index in [1.165, 1.54) is 0 Å². The number of aromatic nitrogens is 3. The molecule has 0 radical (unpaired) electrons. The van der Waals surface area contributed by atoms with Crippen LogP contribution in [0.15, 0.2) is 72.8 Å². The molecule has 0 bridgehead atoms. The van der Waals surface area contributed by atoms with Crippen LogP contribution in [0.5, 0.6) is 11.5 Å². The molecule has 1 amide bonds. The summed E-state index contributed by atoms with van der Waals surface area (Å²) in [6, 6.07) is 23.1. The summed E-state index contributed by atoms with van der Waals surface area (Å²) < 4.78 is 13.4. The van der Waals surface area contributed by atoms with Gasteiger partial charge >= 0.3 is 0 Å². The van der Waals surface area contributed by atoms with Crippen molar-refractivity contribution in [2.75, 3.05) is 13.2 Å². The van der Waals surface area contributed by atoms with Crippen LogP contribution in [-0.4, -0.2) is 33.7 Å². The van der Waals surface area contributed by atoms with Gasteiger partial charge in [-0.3, -0.25) is 4.79 Å². The number of amides is 1. The van der Waals surface area contributed by atoms with E-state index in [-0.39, 0.29) is 5.91 Å². The minimum Gasteiger partial charge on any atom is -0.486 e. The van der Waals surface area contributed by atoms with Gasteiger partial charge in [-0.1, -0.05) is 30.3 Å². The van der Waals surface area contributed by atoms with Crippen LogP contribution in [0.3, 0.4) is 0 Å². The smallest absolute Gasteiger partial charge is 0.252 e. The molecule has 2 aromatic heterocycles. The molecule has 7 nitrogen and oxygen atoms in total. The monoisotopic (exact) mass is 450 g/mol. The number of benzene rings is 3. The third kappa shape index (κ3) is 3.51. The highest BCUT2D eigenvalue weighted by atomic mass is 16.6. The van der Waals surface area contributed by atoms with E-state index >= 15 is 0 Å². The average molecular weight is 450 g/mol. The van der Waals surface area contributed by atoms with Crippen molar-refractivity contribution in [2.45, 2.75) is 6.54 Å². The molecule has 1 aliphatic heterocycles. The van der Waals surface area contributed by atoms with Gasteiger partial charge in [-0.25, -0.2) is 9.97 Å². The second-order valence-corrected chi connectivity index (χ2v) is 8.19. The van der Waals surface area contributed by atoms with E-state index in [9.17, 15) is 4.79 Å². The lowest BCUT2D eigenvalue weighted by atomic mass is 10.0. The summed E-state index contributed by atoms with van der Waals surface area (Å²) in [5, 5.41) is 3.84. The highest BCUT2D eigenvalue weighted by Gasteiger charge is 2.17. The molecule has 0 saturated heterocycles. The fourth-order valence-electron chi connectivity index (χ4n) is 4.32. The molecule has 0 atom stereocenters. The van der Waals surface area contributed by atoms with Crippen molar-refractivity contribution < 1.29 is 14.3 Å². The molecule has 0 unspecified atom stereocenters. The lowest BCUT2D eigenvalue weighted by Crippen LogP contribution is -2.24. The maximum absolute atomic E-state index is 13.4. The van der Waals surface area contributed by atoms with Crippen molar-refractivity contribution in [3.63, 3.8) is 0 Å². The van der Waals surface area contributed by atoms with E-state index in [1.807, 2.05) is 84.4 Å². The lowest BCUT2D eigenvalue weighted by molar-refractivity contribution is 0.0951. The van der Waals surface area contributed by atoms with Gasteiger partial charge in [-0.15, -0.1) is 0 Å². The molecular weight excluding hydrogens is 428 g/mol. The van der Waals surface area contributed by atoms with Gasteiger partial charge in [0, 0.05) is 18.0 Å². The summed E-state index contributed by atoms with van der Waals surface area (Å²) in [5.74, 6) is 2.02. The zero-order valence-corrected chi connectivity index (χ0v) is 18.6. The predicted molar refractivity (Wildman–Crippen MR) is 130 cm³/mol. The highest BCUT2D eigenvalue weighted by molar-refractivity contribution is 6.07. The number of carbonyl (C=O) groups excluding carboxylic acids is 1. The van der Waals surface area contributed by atoms with Crippen LogP contribution >= 0.6 is 0 Å². The van der Waals surface area contributed by atoms with Crippen molar-refractivity contribution >= 4 is 27.8 Å². The Morgan fingerprint density at radius 2 is 1.68 bits per heavy atom. The van der Waals surface area contributed by atoms with E-state index in [0.29, 0.717) is 36.8 Å². The Bertz CT molecular complexity index is 1560. The third-order valence-electron chi connectivity index (χ3n) is 6.09. The first-order valence-corrected chi connectivity index (χ1v) is 11.2. The minimum absolute atomic E-state index is 0.176. The molecule has 0 fully saturated rings. The third-order valence-corrected chi connectivity index (χ3v) is 6.09. The highest BCUT2D eigenvalue weighted by Crippen LogP contribution is 2.35. The Morgan fingerprint density at radius 1 is 0.912 bits per heavy atom. The number of aryl methyl sites for hydroxylation is 1. The van der Waals surface area contributed by atoms with Crippen LogP contribution < -0.4 is 14.8 Å². The number of imidazole rings is 1. The van der Waals surface area contributed by atoms with E-state index in [2.05, 4.69) is 10.3 Å². The van der Waals surface area contributed by atoms with E-state index in [1.54, 1.807) is 0 Å². The van der Waals surface area contributed by atoms with Gasteiger partial charge in [0.2, 0.25) is 0 Å². The van der Waals surface area contributed by atoms with Gasteiger partial charge < -0.3 is 19.4 Å². The molecule has 34 heavy (non-hydrogen) atoms. The lowest BCUT2D eigenvalue weighted by Gasteiger charge is -2.19. The number of carbonyl (C=O) groups is 1. The van der Waals surface area contributed by atoms with Gasteiger partial charge in [0.25, 0.3) is 5.91 Å². The second kappa shape index (κ2) is 8.19. The molecule has 0 spiro atoms. The first-order valence-electron chi connectivity index (χ1n) is 11.2. The van der Waals surface area contributed by atoms with Crippen molar-refractivity contribution in [2.24, 2.45) is 7.05 Å². The van der Waals surface area contributed by atoms with Crippen LogP contribution in [0.4, 0.5) is 0 Å². The van der Waals surface area contributed by atoms with Crippen molar-refractivity contribution in [1.82, 2.24) is 19.9 Å². The first kappa shape index (κ1) is 20.2. The fourth-order valence-corrected chi connectivity index (χ4v) is 4.32. The molecule has 3 heterocycles. The Balaban J connectivity index is 1.35. The standard InChI is InChI=1S/C27H22N4O3/c1-31-23-9-5-4-8-21(23)30-26(31)16-28-27(32)19-15-22(29-20-7-3-2-6-18(19)20)17-10-11-24-25(14-17)34-13-12-33-24/h2-11,14-15H,12-13,16H2,1H3,(H,28,32). The number of nitrogens with one attached hydrogen (secondary N) is 1. The van der Waals surface area contributed by atoms with Crippen LogP contribution in [0.25, 0.3) is 33.2 Å². The Morgan fingerprint density at radius 3 is 2.53 bits per heavy atom. The summed E-state index contributed by atoms with van der Waals surface area (Å²) in [7, 11) is 1.96. The molecule has 0 saturated carbocycles. The molecule has 0 aliphatic carbocycles. The molecule has 168 valence electrons. The molecule has 1 N–H and O–H groups in total. The largest absolute Gasteiger partial charge is 0.486 e. The quantitative estimate of drug-likeness (QED) is 0.437. The molecule has 5 aromatic rings. The minimum atomic E-state index is -0.176. The summed E-state index contributed by atoms with van der Waals surface area (Å²) in [5.41, 5.74) is 4.81. The van der Waals surface area contributed by atoms with Gasteiger partial charge in [-0.05, 0) is 42.5 Å². The summed E-state index contributed by atoms with van der Waals surface area (Å²) in [6.45, 7) is 1.37. The zero-order valence-electron chi connectivity index (χ0n) is 18.6. The van der Waals surface area contributed by atoms with Crippen molar-refractivity contribution in [3.05, 3.63) is 84.2 Å². The van der Waals surface area contributed by atoms with Crippen LogP contribution in [-0.2, 0) is 13.6 Å². The van der Waals surface area contributed by atoms with Crippen LogP contribution in [0.1, 0.15) is 16.2 Å². The van der Waals surface area contributed by atoms with Crippen LogP contribution in [0.2, 0.25) is 0 Å². The second-order valence-electron chi connectivity index (χ2n) is 8.19. The maximum Gasteiger partial charge on any atom is 0.252 e. The molecule has 6 rings (SSSR count). The first-order chi connectivity index (χ1) is 16.7. The number of fused-ring (bicyclic) bond motifs is 3. The number of rotatable bonds is 4. The molecule has 1 aliphatic rings. The Kier molecular flexibility index (Phi) is 4.87. The summed E-state index contributed by atoms with van der Waals surface area (Å²) >= 11 is 0. The van der Waals surface area contributed by atoms with Gasteiger partial charge in [0.15, 0.2) is 11.5 Å². The van der Waals surface area contributed by atoms with E-state index < -0.39 is 0 Å². The number of ether oxygens (including phenoxy) is 2. The summed E-state index contributed by atoms with van der Waals surface area (Å²) in [4.78, 5) is 22.8. The average Bonchev–Trinajstić information content (AvgIpc) is 3.21. The van der Waals surface area contributed by atoms with E-state index in [4.69, 9.17) is 14.5 Å². The number of para-hydroxylation sites is 3. The molecule has 7 heteroatoms. The molecule has 3 aromatic carbocycles. The Hall–Kier alpha value is -4.39. The van der Waals surface area contributed by atoms with Gasteiger partial charge in [0.1, 0.15) is 19.0 Å². The normalized spacial score (nSPS) is 12.7. The van der Waals surface area contributed by atoms with Crippen molar-refractivity contribution in [3.8, 4) is 22.8 Å². The zero-order chi connectivity index (χ0) is 23.1. The van der Waals surface area contributed by atoms with E-state index in [0.717, 1.165) is 39.1 Å².